The quantitative estimate of drug-likeness (QED) is 0.515. The van der Waals surface area contributed by atoms with Gasteiger partial charge in [-0.05, 0) is 31.7 Å². The lowest BCUT2D eigenvalue weighted by molar-refractivity contribution is 0.154. The molecule has 100 valence electrons. The SMILES string of the molecule is COc1ccc(CN(C)C(C)CO)cc1C(=N)N. The third-order valence-electron chi connectivity index (χ3n) is 3.00. The molecule has 0 radical (unpaired) electrons. The van der Waals surface area contributed by atoms with E-state index in [1.54, 1.807) is 7.11 Å². The first-order chi connectivity index (χ1) is 8.49. The zero-order valence-electron chi connectivity index (χ0n) is 11.1. The second kappa shape index (κ2) is 6.37. The Hall–Kier alpha value is -1.59. The molecule has 0 aliphatic carbocycles. The van der Waals surface area contributed by atoms with Crippen LogP contribution in [-0.2, 0) is 6.54 Å². The molecule has 0 saturated carbocycles. The van der Waals surface area contributed by atoms with Crippen LogP contribution in [0, 0.1) is 5.41 Å². The Morgan fingerprint density at radius 1 is 1.56 bits per heavy atom. The highest BCUT2D eigenvalue weighted by molar-refractivity contribution is 5.97. The zero-order chi connectivity index (χ0) is 13.7. The highest BCUT2D eigenvalue weighted by atomic mass is 16.5. The summed E-state index contributed by atoms with van der Waals surface area (Å²) in [6, 6.07) is 5.69. The number of nitrogen functional groups attached to an aromatic ring is 1. The van der Waals surface area contributed by atoms with Crippen molar-refractivity contribution < 1.29 is 9.84 Å². The lowest BCUT2D eigenvalue weighted by Gasteiger charge is -2.23. The molecule has 1 atom stereocenters. The Kier molecular flexibility index (Phi) is 5.12. The Morgan fingerprint density at radius 2 is 2.22 bits per heavy atom. The molecule has 0 aromatic heterocycles. The second-order valence-electron chi connectivity index (χ2n) is 4.40. The summed E-state index contributed by atoms with van der Waals surface area (Å²) in [6.07, 6.45) is 0. The molecule has 0 aliphatic heterocycles. The van der Waals surface area contributed by atoms with Crippen LogP contribution in [0.4, 0.5) is 0 Å². The van der Waals surface area contributed by atoms with Crippen molar-refractivity contribution in [1.29, 1.82) is 5.41 Å². The van der Waals surface area contributed by atoms with E-state index in [2.05, 4.69) is 0 Å². The average molecular weight is 251 g/mol. The van der Waals surface area contributed by atoms with E-state index in [0.29, 0.717) is 17.9 Å². The molecule has 0 bridgehead atoms. The number of amidine groups is 1. The van der Waals surface area contributed by atoms with Gasteiger partial charge in [0.05, 0.1) is 19.3 Å². The minimum absolute atomic E-state index is 0.00782. The summed E-state index contributed by atoms with van der Waals surface area (Å²) in [4.78, 5) is 2.03. The average Bonchev–Trinajstić information content (AvgIpc) is 2.37. The van der Waals surface area contributed by atoms with Gasteiger partial charge in [-0.25, -0.2) is 0 Å². The highest BCUT2D eigenvalue weighted by Crippen LogP contribution is 2.20. The van der Waals surface area contributed by atoms with E-state index in [9.17, 15) is 0 Å². The highest BCUT2D eigenvalue weighted by Gasteiger charge is 2.11. The van der Waals surface area contributed by atoms with Gasteiger partial charge in [-0.2, -0.15) is 0 Å². The van der Waals surface area contributed by atoms with Gasteiger partial charge >= 0.3 is 0 Å². The van der Waals surface area contributed by atoms with Crippen molar-refractivity contribution in [3.63, 3.8) is 0 Å². The molecule has 0 aliphatic rings. The van der Waals surface area contributed by atoms with Gasteiger partial charge < -0.3 is 15.6 Å². The van der Waals surface area contributed by atoms with E-state index >= 15 is 0 Å². The maximum Gasteiger partial charge on any atom is 0.129 e. The fourth-order valence-electron chi connectivity index (χ4n) is 1.65. The normalized spacial score (nSPS) is 12.5. The first-order valence-electron chi connectivity index (χ1n) is 5.82. The Balaban J connectivity index is 2.91. The van der Waals surface area contributed by atoms with E-state index < -0.39 is 0 Å². The van der Waals surface area contributed by atoms with Crippen molar-refractivity contribution in [2.45, 2.75) is 19.5 Å². The van der Waals surface area contributed by atoms with Crippen LogP contribution in [0.2, 0.25) is 0 Å². The van der Waals surface area contributed by atoms with Crippen LogP contribution >= 0.6 is 0 Å². The first kappa shape index (κ1) is 14.5. The van der Waals surface area contributed by atoms with Crippen LogP contribution in [0.5, 0.6) is 5.75 Å². The molecule has 4 N–H and O–H groups in total. The summed E-state index contributed by atoms with van der Waals surface area (Å²) >= 11 is 0. The molecular weight excluding hydrogens is 230 g/mol. The fourth-order valence-corrected chi connectivity index (χ4v) is 1.65. The third-order valence-corrected chi connectivity index (χ3v) is 3.00. The standard InChI is InChI=1S/C13H21N3O2/c1-9(8-17)16(2)7-10-4-5-12(18-3)11(6-10)13(14)15/h4-6,9,17H,7-8H2,1-3H3,(H3,14,15). The van der Waals surface area contributed by atoms with Gasteiger partial charge in [0, 0.05) is 12.6 Å². The molecule has 1 rings (SSSR count). The smallest absolute Gasteiger partial charge is 0.129 e. The van der Waals surface area contributed by atoms with E-state index in [0.717, 1.165) is 5.56 Å². The monoisotopic (exact) mass is 251 g/mol. The molecule has 0 saturated heterocycles. The third kappa shape index (κ3) is 3.45. The first-order valence-corrected chi connectivity index (χ1v) is 5.82. The molecule has 5 nitrogen and oxygen atoms in total. The Bertz CT molecular complexity index is 421. The lowest BCUT2D eigenvalue weighted by atomic mass is 10.1. The van der Waals surface area contributed by atoms with Crippen molar-refractivity contribution in [1.82, 2.24) is 4.90 Å². The number of hydrogen-bond donors (Lipinski definition) is 3. The summed E-state index contributed by atoms with van der Waals surface area (Å²) < 4.78 is 5.16. The largest absolute Gasteiger partial charge is 0.496 e. The number of nitrogens with zero attached hydrogens (tertiary/aromatic N) is 1. The van der Waals surface area contributed by atoms with Crippen LogP contribution < -0.4 is 10.5 Å². The number of benzene rings is 1. The van der Waals surface area contributed by atoms with Crippen LogP contribution in [0.3, 0.4) is 0 Å². The van der Waals surface area contributed by atoms with Crippen molar-refractivity contribution >= 4 is 5.84 Å². The Labute approximate surface area is 108 Å². The number of hydrogen-bond acceptors (Lipinski definition) is 4. The van der Waals surface area contributed by atoms with Crippen LogP contribution in [-0.4, -0.2) is 42.6 Å². The number of ether oxygens (including phenoxy) is 1. The van der Waals surface area contributed by atoms with Gasteiger partial charge in [-0.15, -0.1) is 0 Å². The maximum absolute atomic E-state index is 9.09. The molecular formula is C13H21N3O2. The molecule has 18 heavy (non-hydrogen) atoms. The zero-order valence-corrected chi connectivity index (χ0v) is 11.1. The van der Waals surface area contributed by atoms with Gasteiger partial charge in [0.25, 0.3) is 0 Å². The maximum atomic E-state index is 9.09. The molecule has 0 fully saturated rings. The van der Waals surface area contributed by atoms with Crippen molar-refractivity contribution in [2.24, 2.45) is 5.73 Å². The van der Waals surface area contributed by atoms with Crippen molar-refractivity contribution in [3.8, 4) is 5.75 Å². The molecule has 0 spiro atoms. The lowest BCUT2D eigenvalue weighted by Crippen LogP contribution is -2.31. The van der Waals surface area contributed by atoms with Gasteiger partial charge in [-0.3, -0.25) is 10.3 Å². The van der Waals surface area contributed by atoms with E-state index in [1.165, 1.54) is 0 Å². The minimum atomic E-state index is -0.00782. The van der Waals surface area contributed by atoms with E-state index in [-0.39, 0.29) is 18.5 Å². The molecule has 0 amide bonds. The van der Waals surface area contributed by atoms with Gasteiger partial charge in [0.15, 0.2) is 0 Å². The summed E-state index contributed by atoms with van der Waals surface area (Å²) in [5, 5.41) is 16.6. The number of methoxy groups -OCH3 is 1. The van der Waals surface area contributed by atoms with Crippen LogP contribution in [0.15, 0.2) is 18.2 Å². The molecule has 1 aromatic rings. The van der Waals surface area contributed by atoms with Crippen LogP contribution in [0.1, 0.15) is 18.1 Å². The minimum Gasteiger partial charge on any atom is -0.496 e. The van der Waals surface area contributed by atoms with E-state index in [4.69, 9.17) is 21.0 Å². The summed E-state index contributed by atoms with van der Waals surface area (Å²) in [5.74, 6) is 0.593. The summed E-state index contributed by atoms with van der Waals surface area (Å²) in [5.41, 5.74) is 7.15. The molecule has 1 unspecified atom stereocenters. The number of likely N-dealkylation sites (N-methyl/N-ethyl adjacent to an activating group) is 1. The number of rotatable bonds is 6. The number of aliphatic hydroxyl groups excluding tert-OH is 1. The predicted molar refractivity (Wildman–Crippen MR) is 72.0 cm³/mol. The van der Waals surface area contributed by atoms with Gasteiger partial charge in [-0.1, -0.05) is 6.07 Å². The Morgan fingerprint density at radius 3 is 2.72 bits per heavy atom. The van der Waals surface area contributed by atoms with E-state index in [1.807, 2.05) is 37.1 Å². The number of nitrogens with one attached hydrogen (secondary N) is 1. The molecule has 0 heterocycles. The van der Waals surface area contributed by atoms with Crippen LogP contribution in [0.25, 0.3) is 0 Å². The molecule has 5 heteroatoms. The van der Waals surface area contributed by atoms with Crippen molar-refractivity contribution in [3.05, 3.63) is 29.3 Å². The number of nitrogens with two attached hydrogens (primary N) is 1. The summed E-state index contributed by atoms with van der Waals surface area (Å²) in [6.45, 7) is 2.76. The topological polar surface area (TPSA) is 82.6 Å². The fraction of sp³-hybridized carbons (Fsp3) is 0.462. The van der Waals surface area contributed by atoms with Crippen molar-refractivity contribution in [2.75, 3.05) is 20.8 Å². The predicted octanol–water partition coefficient (Wildman–Crippen LogP) is 0.792. The number of aliphatic hydroxyl groups is 1. The summed E-state index contributed by atoms with van der Waals surface area (Å²) in [7, 11) is 3.50. The second-order valence-corrected chi connectivity index (χ2v) is 4.40. The molecule has 1 aromatic carbocycles. The van der Waals surface area contributed by atoms with Gasteiger partial charge in [0.2, 0.25) is 0 Å². The van der Waals surface area contributed by atoms with Gasteiger partial charge in [0.1, 0.15) is 11.6 Å².